The summed E-state index contributed by atoms with van der Waals surface area (Å²) in [6.45, 7) is 0. The van der Waals surface area contributed by atoms with E-state index in [0.717, 1.165) is 6.20 Å². The van der Waals surface area contributed by atoms with Gasteiger partial charge in [-0.25, -0.2) is 8.78 Å². The van der Waals surface area contributed by atoms with Gasteiger partial charge in [0.05, 0.1) is 5.56 Å². The highest BCUT2D eigenvalue weighted by molar-refractivity contribution is 5.29. The first-order valence-corrected chi connectivity index (χ1v) is 3.11. The van der Waals surface area contributed by atoms with E-state index in [1.807, 2.05) is 0 Å². The number of alkyl halides is 2. The Morgan fingerprint density at radius 2 is 2.15 bits per heavy atom. The Kier molecular flexibility index (Phi) is 2.45. The molecule has 0 aromatic carbocycles. The average Bonchev–Trinajstić information content (AvgIpc) is 2.03. The standard InChI is InChI=1S/C6H3F3N2O2/c7-4-3(5(8)9)1-2-10-6(4)11(12)13/h1-2,5H. The molecule has 0 radical (unpaired) electrons. The number of nitro groups is 1. The Bertz CT molecular complexity index is 343. The van der Waals surface area contributed by atoms with Gasteiger partial charge in [0.1, 0.15) is 6.20 Å². The van der Waals surface area contributed by atoms with Crippen molar-refractivity contribution in [1.29, 1.82) is 0 Å². The van der Waals surface area contributed by atoms with Crippen LogP contribution in [0.1, 0.15) is 12.0 Å². The number of hydrogen-bond donors (Lipinski definition) is 0. The zero-order chi connectivity index (χ0) is 10.0. The highest BCUT2D eigenvalue weighted by Crippen LogP contribution is 2.25. The molecule has 1 rings (SSSR count). The van der Waals surface area contributed by atoms with Crippen LogP contribution in [0.2, 0.25) is 0 Å². The van der Waals surface area contributed by atoms with Crippen molar-refractivity contribution in [2.24, 2.45) is 0 Å². The SMILES string of the molecule is O=[N+]([O-])c1nccc(C(F)F)c1F. The van der Waals surface area contributed by atoms with Gasteiger partial charge in [0, 0.05) is 0 Å². The van der Waals surface area contributed by atoms with E-state index >= 15 is 0 Å². The molecule has 0 amide bonds. The van der Waals surface area contributed by atoms with Crippen molar-refractivity contribution in [1.82, 2.24) is 4.98 Å². The molecule has 0 unspecified atom stereocenters. The Morgan fingerprint density at radius 1 is 1.54 bits per heavy atom. The summed E-state index contributed by atoms with van der Waals surface area (Å²) in [6, 6.07) is 0.701. The van der Waals surface area contributed by atoms with Gasteiger partial charge in [-0.3, -0.25) is 0 Å². The van der Waals surface area contributed by atoms with E-state index in [0.29, 0.717) is 6.07 Å². The van der Waals surface area contributed by atoms with Crippen LogP contribution in [0.25, 0.3) is 0 Å². The molecule has 0 fully saturated rings. The van der Waals surface area contributed by atoms with Crippen LogP contribution in [-0.2, 0) is 0 Å². The van der Waals surface area contributed by atoms with Crippen LogP contribution in [0.5, 0.6) is 0 Å². The average molecular weight is 192 g/mol. The third-order valence-corrected chi connectivity index (χ3v) is 1.31. The van der Waals surface area contributed by atoms with Gasteiger partial charge in [0.2, 0.25) is 5.82 Å². The summed E-state index contributed by atoms with van der Waals surface area (Å²) in [5.41, 5.74) is -1.01. The van der Waals surface area contributed by atoms with Gasteiger partial charge in [-0.1, -0.05) is 0 Å². The van der Waals surface area contributed by atoms with Crippen molar-refractivity contribution in [3.8, 4) is 0 Å². The Labute approximate surface area is 70.2 Å². The second-order valence-corrected chi connectivity index (χ2v) is 2.10. The van der Waals surface area contributed by atoms with Crippen molar-refractivity contribution < 1.29 is 18.1 Å². The van der Waals surface area contributed by atoms with Crippen molar-refractivity contribution in [2.75, 3.05) is 0 Å². The van der Waals surface area contributed by atoms with Crippen molar-refractivity contribution in [2.45, 2.75) is 6.43 Å². The van der Waals surface area contributed by atoms with E-state index in [-0.39, 0.29) is 0 Å². The smallest absolute Gasteiger partial charge is 0.358 e. The maximum Gasteiger partial charge on any atom is 0.400 e. The minimum atomic E-state index is -3.08. The second kappa shape index (κ2) is 3.38. The van der Waals surface area contributed by atoms with Crippen LogP contribution in [0.15, 0.2) is 12.3 Å². The van der Waals surface area contributed by atoms with Gasteiger partial charge < -0.3 is 10.1 Å². The van der Waals surface area contributed by atoms with E-state index in [2.05, 4.69) is 4.98 Å². The van der Waals surface area contributed by atoms with Crippen LogP contribution in [-0.4, -0.2) is 9.91 Å². The van der Waals surface area contributed by atoms with Crippen molar-refractivity contribution >= 4 is 5.82 Å². The highest BCUT2D eigenvalue weighted by atomic mass is 19.3. The number of rotatable bonds is 2. The van der Waals surface area contributed by atoms with Gasteiger partial charge >= 0.3 is 5.82 Å². The number of hydrogen-bond acceptors (Lipinski definition) is 3. The molecule has 1 heterocycles. The molecule has 0 aliphatic carbocycles. The summed E-state index contributed by atoms with van der Waals surface area (Å²) in [5.74, 6) is -2.76. The normalized spacial score (nSPS) is 10.5. The highest BCUT2D eigenvalue weighted by Gasteiger charge is 2.23. The number of pyridine rings is 1. The third-order valence-electron chi connectivity index (χ3n) is 1.31. The molecule has 1 aromatic heterocycles. The monoisotopic (exact) mass is 192 g/mol. The maximum atomic E-state index is 12.8. The topological polar surface area (TPSA) is 56.0 Å². The lowest BCUT2D eigenvalue weighted by Gasteiger charge is -1.99. The summed E-state index contributed by atoms with van der Waals surface area (Å²) >= 11 is 0. The molecule has 0 saturated carbocycles. The molecule has 0 bridgehead atoms. The Balaban J connectivity index is 3.26. The fourth-order valence-electron chi connectivity index (χ4n) is 0.743. The Hall–Kier alpha value is -1.66. The van der Waals surface area contributed by atoms with E-state index < -0.39 is 28.5 Å². The van der Waals surface area contributed by atoms with Crippen LogP contribution < -0.4 is 0 Å². The maximum absolute atomic E-state index is 12.8. The van der Waals surface area contributed by atoms with Crippen molar-refractivity contribution in [3.63, 3.8) is 0 Å². The molecule has 0 aliphatic heterocycles. The largest absolute Gasteiger partial charge is 0.400 e. The molecule has 0 aliphatic rings. The van der Waals surface area contributed by atoms with E-state index in [1.165, 1.54) is 0 Å². The summed E-state index contributed by atoms with van der Waals surface area (Å²) in [5, 5.41) is 10.1. The molecular weight excluding hydrogens is 189 g/mol. The minimum Gasteiger partial charge on any atom is -0.358 e. The molecule has 70 valence electrons. The number of aromatic nitrogens is 1. The van der Waals surface area contributed by atoms with E-state index in [4.69, 9.17) is 0 Å². The summed E-state index contributed by atoms with van der Waals surface area (Å²) in [4.78, 5) is 11.9. The van der Waals surface area contributed by atoms with Crippen LogP contribution >= 0.6 is 0 Å². The van der Waals surface area contributed by atoms with E-state index in [1.54, 1.807) is 0 Å². The first kappa shape index (κ1) is 9.43. The molecular formula is C6H3F3N2O2. The van der Waals surface area contributed by atoms with Gasteiger partial charge in [0.25, 0.3) is 6.43 Å². The fourth-order valence-corrected chi connectivity index (χ4v) is 0.743. The molecule has 0 spiro atoms. The predicted molar refractivity (Wildman–Crippen MR) is 35.8 cm³/mol. The fraction of sp³-hybridized carbons (Fsp3) is 0.167. The van der Waals surface area contributed by atoms with Gasteiger partial charge in [0.15, 0.2) is 0 Å². The lowest BCUT2D eigenvalue weighted by molar-refractivity contribution is -0.392. The minimum absolute atomic E-state index is 0.701. The van der Waals surface area contributed by atoms with E-state index in [9.17, 15) is 23.3 Å². The summed E-state index contributed by atoms with van der Waals surface area (Å²) < 4.78 is 36.8. The third kappa shape index (κ3) is 1.74. The van der Waals surface area contributed by atoms with Gasteiger partial charge in [-0.05, 0) is 16.0 Å². The molecule has 7 heteroatoms. The zero-order valence-corrected chi connectivity index (χ0v) is 6.08. The van der Waals surface area contributed by atoms with Crippen molar-refractivity contribution in [3.05, 3.63) is 33.8 Å². The molecule has 0 atom stereocenters. The predicted octanol–water partition coefficient (Wildman–Crippen LogP) is 2.07. The summed E-state index contributed by atoms with van der Waals surface area (Å²) in [7, 11) is 0. The lowest BCUT2D eigenvalue weighted by atomic mass is 10.2. The quantitative estimate of drug-likeness (QED) is 0.532. The molecule has 13 heavy (non-hydrogen) atoms. The lowest BCUT2D eigenvalue weighted by Crippen LogP contribution is -2.00. The second-order valence-electron chi connectivity index (χ2n) is 2.10. The van der Waals surface area contributed by atoms with Gasteiger partial charge in [-0.2, -0.15) is 4.39 Å². The molecule has 4 nitrogen and oxygen atoms in total. The Morgan fingerprint density at radius 3 is 2.62 bits per heavy atom. The summed E-state index contributed by atoms with van der Waals surface area (Å²) in [6.07, 6.45) is -2.32. The first-order chi connectivity index (χ1) is 6.04. The number of nitrogens with zero attached hydrogens (tertiary/aromatic N) is 2. The van der Waals surface area contributed by atoms with Gasteiger partial charge in [-0.15, -0.1) is 0 Å². The van der Waals surface area contributed by atoms with Crippen LogP contribution in [0.3, 0.4) is 0 Å². The first-order valence-electron chi connectivity index (χ1n) is 3.11. The number of halogens is 3. The van der Waals surface area contributed by atoms with Crippen LogP contribution in [0, 0.1) is 15.9 Å². The molecule has 0 saturated heterocycles. The zero-order valence-electron chi connectivity index (χ0n) is 6.08. The van der Waals surface area contributed by atoms with Crippen LogP contribution in [0.4, 0.5) is 19.0 Å². The molecule has 1 aromatic rings. The molecule has 0 N–H and O–H groups in total.